The molecule has 0 saturated carbocycles. The molecule has 0 spiro atoms. The van der Waals surface area contributed by atoms with Crippen molar-refractivity contribution in [1.82, 2.24) is 25.9 Å². The van der Waals surface area contributed by atoms with Gasteiger partial charge in [0.1, 0.15) is 17.8 Å². The minimum atomic E-state index is -1.18. The van der Waals surface area contributed by atoms with Crippen LogP contribution in [0, 0.1) is 5.92 Å². The van der Waals surface area contributed by atoms with E-state index < -0.39 is 48.4 Å². The molecule has 3 atom stereocenters. The van der Waals surface area contributed by atoms with Gasteiger partial charge in [-0.1, -0.05) is 26.0 Å². The standard InChI is InChI=1S/C22H30N6O6/c1-12(2)19(22(33)34)28-18(30)10-25-21(32)17(8-14-9-24-11-26-14)27-20(31)16(23)7-13-3-5-15(29)6-4-13/h3-6,9,11-12,16-17,19,29H,7-8,10,23H2,1-2H3,(H,24,26)(H,25,32)(H,27,31)(H,28,30)(H,33,34). The fourth-order valence-electron chi connectivity index (χ4n) is 3.11. The minimum Gasteiger partial charge on any atom is -0.508 e. The number of aromatic amines is 1. The van der Waals surface area contributed by atoms with Crippen molar-refractivity contribution in [1.29, 1.82) is 0 Å². The average Bonchev–Trinajstić information content (AvgIpc) is 3.29. The summed E-state index contributed by atoms with van der Waals surface area (Å²) in [6.45, 7) is 2.83. The number of hydrogen-bond acceptors (Lipinski definition) is 7. The van der Waals surface area contributed by atoms with Crippen LogP contribution in [0.5, 0.6) is 5.75 Å². The van der Waals surface area contributed by atoms with E-state index in [1.807, 2.05) is 0 Å². The monoisotopic (exact) mass is 474 g/mol. The Morgan fingerprint density at radius 1 is 1.06 bits per heavy atom. The Morgan fingerprint density at radius 2 is 1.74 bits per heavy atom. The van der Waals surface area contributed by atoms with Crippen molar-refractivity contribution in [2.45, 2.75) is 44.8 Å². The molecule has 1 aromatic carbocycles. The van der Waals surface area contributed by atoms with Crippen LogP contribution in [0.2, 0.25) is 0 Å². The summed E-state index contributed by atoms with van der Waals surface area (Å²) in [4.78, 5) is 55.5. The van der Waals surface area contributed by atoms with E-state index >= 15 is 0 Å². The SMILES string of the molecule is CC(C)C(NC(=O)CNC(=O)C(Cc1cnc[nH]1)NC(=O)C(N)Cc1ccc(O)cc1)C(=O)O. The van der Waals surface area contributed by atoms with E-state index in [0.717, 1.165) is 5.56 Å². The van der Waals surface area contributed by atoms with Gasteiger partial charge in [0.05, 0.1) is 18.9 Å². The highest BCUT2D eigenvalue weighted by Crippen LogP contribution is 2.11. The van der Waals surface area contributed by atoms with Crippen LogP contribution in [0.3, 0.4) is 0 Å². The summed E-state index contributed by atoms with van der Waals surface area (Å²) in [6, 6.07) is 3.11. The molecule has 184 valence electrons. The number of phenolic OH excluding ortho intramolecular Hbond substituents is 1. The summed E-state index contributed by atoms with van der Waals surface area (Å²) in [7, 11) is 0. The molecule has 8 N–H and O–H groups in total. The number of H-pyrrole nitrogens is 1. The van der Waals surface area contributed by atoms with E-state index in [1.54, 1.807) is 26.0 Å². The number of nitrogens with two attached hydrogens (primary N) is 1. The van der Waals surface area contributed by atoms with Crippen molar-refractivity contribution in [2.75, 3.05) is 6.54 Å². The van der Waals surface area contributed by atoms with E-state index in [-0.39, 0.29) is 24.5 Å². The summed E-state index contributed by atoms with van der Waals surface area (Å²) in [5.41, 5.74) is 7.30. The molecular weight excluding hydrogens is 444 g/mol. The fourth-order valence-corrected chi connectivity index (χ4v) is 3.11. The van der Waals surface area contributed by atoms with Crippen LogP contribution in [0.1, 0.15) is 25.1 Å². The molecule has 2 aromatic rings. The third-order valence-corrected chi connectivity index (χ3v) is 5.01. The molecule has 0 aliphatic heterocycles. The summed E-state index contributed by atoms with van der Waals surface area (Å²) >= 11 is 0. The number of benzene rings is 1. The van der Waals surface area contributed by atoms with Crippen molar-refractivity contribution in [2.24, 2.45) is 11.7 Å². The fraction of sp³-hybridized carbons (Fsp3) is 0.409. The normalized spacial score (nSPS) is 13.5. The third kappa shape index (κ3) is 8.20. The van der Waals surface area contributed by atoms with Gasteiger partial charge in [-0.25, -0.2) is 9.78 Å². The summed E-state index contributed by atoms with van der Waals surface area (Å²) in [5.74, 6) is -3.34. The number of aromatic nitrogens is 2. The van der Waals surface area contributed by atoms with Crippen LogP contribution in [0.4, 0.5) is 0 Å². The van der Waals surface area contributed by atoms with E-state index in [1.165, 1.54) is 24.7 Å². The molecule has 12 nitrogen and oxygen atoms in total. The lowest BCUT2D eigenvalue weighted by Gasteiger charge is -2.21. The van der Waals surface area contributed by atoms with Crippen LogP contribution >= 0.6 is 0 Å². The predicted molar refractivity (Wildman–Crippen MR) is 121 cm³/mol. The van der Waals surface area contributed by atoms with Gasteiger partial charge in [-0.3, -0.25) is 14.4 Å². The van der Waals surface area contributed by atoms with Crippen LogP contribution in [0.25, 0.3) is 0 Å². The zero-order valence-electron chi connectivity index (χ0n) is 18.9. The molecule has 3 unspecified atom stereocenters. The van der Waals surface area contributed by atoms with Crippen molar-refractivity contribution in [3.63, 3.8) is 0 Å². The van der Waals surface area contributed by atoms with Crippen LogP contribution < -0.4 is 21.7 Å². The van der Waals surface area contributed by atoms with Gasteiger partial charge in [0.25, 0.3) is 0 Å². The van der Waals surface area contributed by atoms with Gasteiger partial charge in [-0.15, -0.1) is 0 Å². The summed E-state index contributed by atoms with van der Waals surface area (Å²) < 4.78 is 0. The smallest absolute Gasteiger partial charge is 0.326 e. The quantitative estimate of drug-likeness (QED) is 0.204. The Kier molecular flexibility index (Phi) is 9.56. The number of carboxylic acids is 1. The van der Waals surface area contributed by atoms with Gasteiger partial charge in [-0.05, 0) is 30.0 Å². The highest BCUT2D eigenvalue weighted by atomic mass is 16.4. The lowest BCUT2D eigenvalue weighted by Crippen LogP contribution is -2.55. The second kappa shape index (κ2) is 12.3. The molecule has 1 aromatic heterocycles. The van der Waals surface area contributed by atoms with Gasteiger partial charge in [-0.2, -0.15) is 0 Å². The molecule has 2 rings (SSSR count). The number of nitrogens with zero attached hydrogens (tertiary/aromatic N) is 1. The van der Waals surface area contributed by atoms with Crippen molar-refractivity contribution in [3.8, 4) is 5.75 Å². The maximum atomic E-state index is 12.8. The van der Waals surface area contributed by atoms with Crippen molar-refractivity contribution < 1.29 is 29.4 Å². The number of phenols is 1. The summed E-state index contributed by atoms with van der Waals surface area (Å²) in [5, 5.41) is 25.9. The first-order valence-corrected chi connectivity index (χ1v) is 10.7. The summed E-state index contributed by atoms with van der Waals surface area (Å²) in [6.07, 6.45) is 3.16. The molecule has 0 bridgehead atoms. The zero-order chi connectivity index (χ0) is 25.3. The largest absolute Gasteiger partial charge is 0.508 e. The number of carboxylic acid groups (broad SMARTS) is 1. The first-order valence-electron chi connectivity index (χ1n) is 10.7. The second-order valence-electron chi connectivity index (χ2n) is 8.16. The van der Waals surface area contributed by atoms with Crippen molar-refractivity contribution >= 4 is 23.7 Å². The number of amides is 3. The maximum absolute atomic E-state index is 12.8. The number of carbonyl (C=O) groups excluding carboxylic acids is 3. The number of imidazole rings is 1. The van der Waals surface area contributed by atoms with E-state index in [0.29, 0.717) is 5.69 Å². The molecule has 34 heavy (non-hydrogen) atoms. The van der Waals surface area contributed by atoms with Gasteiger partial charge in [0.15, 0.2) is 0 Å². The average molecular weight is 475 g/mol. The molecule has 0 saturated heterocycles. The Morgan fingerprint density at radius 3 is 2.29 bits per heavy atom. The first-order chi connectivity index (χ1) is 16.1. The van der Waals surface area contributed by atoms with Gasteiger partial charge in [0.2, 0.25) is 17.7 Å². The number of nitrogens with one attached hydrogen (secondary N) is 4. The van der Waals surface area contributed by atoms with Crippen LogP contribution in [0.15, 0.2) is 36.8 Å². The molecule has 3 amide bonds. The first kappa shape index (κ1) is 26.3. The van der Waals surface area contributed by atoms with E-state index in [2.05, 4.69) is 25.9 Å². The molecule has 12 heteroatoms. The Labute approximate surface area is 196 Å². The highest BCUT2D eigenvalue weighted by molar-refractivity contribution is 5.92. The molecule has 0 aliphatic carbocycles. The van der Waals surface area contributed by atoms with Gasteiger partial charge < -0.3 is 36.9 Å². The second-order valence-corrected chi connectivity index (χ2v) is 8.16. The molecule has 0 radical (unpaired) electrons. The Hall–Kier alpha value is -3.93. The third-order valence-electron chi connectivity index (χ3n) is 5.01. The topological polar surface area (TPSA) is 200 Å². The Balaban J connectivity index is 1.99. The predicted octanol–water partition coefficient (Wildman–Crippen LogP) is -0.946. The number of hydrogen-bond donors (Lipinski definition) is 7. The maximum Gasteiger partial charge on any atom is 0.326 e. The molecule has 0 aliphatic rings. The number of aliphatic carboxylic acids is 1. The number of carbonyl (C=O) groups is 4. The zero-order valence-corrected chi connectivity index (χ0v) is 18.9. The number of rotatable bonds is 12. The minimum absolute atomic E-state index is 0.0644. The van der Waals surface area contributed by atoms with Crippen LogP contribution in [-0.2, 0) is 32.0 Å². The van der Waals surface area contributed by atoms with E-state index in [9.17, 15) is 29.4 Å². The number of aromatic hydroxyl groups is 1. The molecule has 1 heterocycles. The van der Waals surface area contributed by atoms with Gasteiger partial charge in [0, 0.05) is 18.3 Å². The molecule has 0 fully saturated rings. The Bertz CT molecular complexity index is 976. The lowest BCUT2D eigenvalue weighted by molar-refractivity contribution is -0.143. The highest BCUT2D eigenvalue weighted by Gasteiger charge is 2.27. The van der Waals surface area contributed by atoms with Crippen molar-refractivity contribution in [3.05, 3.63) is 48.0 Å². The van der Waals surface area contributed by atoms with Gasteiger partial charge >= 0.3 is 5.97 Å². The van der Waals surface area contributed by atoms with Crippen LogP contribution in [-0.4, -0.2) is 68.5 Å². The lowest BCUT2D eigenvalue weighted by atomic mass is 10.0. The van der Waals surface area contributed by atoms with E-state index in [4.69, 9.17) is 5.73 Å². The molecular formula is C22H30N6O6.